The molecule has 0 spiro atoms. The van der Waals surface area contributed by atoms with E-state index >= 15 is 0 Å². The second kappa shape index (κ2) is 8.66. The van der Waals surface area contributed by atoms with E-state index in [4.69, 9.17) is 9.47 Å². The molecule has 11 heteroatoms. The quantitative estimate of drug-likeness (QED) is 0.554. The summed E-state index contributed by atoms with van der Waals surface area (Å²) < 4.78 is 60.2. The van der Waals surface area contributed by atoms with E-state index < -0.39 is 26.7 Å². The van der Waals surface area contributed by atoms with E-state index in [9.17, 15) is 22.3 Å². The first-order valence-electron chi connectivity index (χ1n) is 9.14. The molecule has 2 heterocycles. The standard InChI is InChI=1S/C17H26N2O7S2.H2/c1-2-26-17(20)13-4-3-9-19(10-13)28(23,24)16-7-5-15(6-8-16)27(21,22)18-14-11-25-12-14;/h5-8,13-14,18,23-24H,2-4,9-12H2,1H3;1H. The Morgan fingerprint density at radius 2 is 1.93 bits per heavy atom. The van der Waals surface area contributed by atoms with Crippen molar-refractivity contribution < 1.29 is 33.2 Å². The lowest BCUT2D eigenvalue weighted by Crippen LogP contribution is -2.48. The van der Waals surface area contributed by atoms with E-state index in [0.29, 0.717) is 32.6 Å². The van der Waals surface area contributed by atoms with E-state index in [-0.39, 0.29) is 36.4 Å². The largest absolute Gasteiger partial charge is 0.466 e. The maximum absolute atomic E-state index is 12.3. The van der Waals surface area contributed by atoms with Gasteiger partial charge in [-0.2, -0.15) is 0 Å². The first-order valence-corrected chi connectivity index (χ1v) is 12.1. The molecule has 1 atom stereocenters. The molecule has 0 bridgehead atoms. The molecule has 3 N–H and O–H groups in total. The Morgan fingerprint density at radius 1 is 1.29 bits per heavy atom. The number of carbonyl (C=O) groups is 1. The van der Waals surface area contributed by atoms with Gasteiger partial charge in [0, 0.05) is 14.5 Å². The van der Waals surface area contributed by atoms with E-state index in [0.717, 1.165) is 0 Å². The molecule has 28 heavy (non-hydrogen) atoms. The maximum Gasteiger partial charge on any atom is 0.310 e. The molecule has 2 aliphatic heterocycles. The van der Waals surface area contributed by atoms with Crippen LogP contribution >= 0.6 is 10.8 Å². The number of ether oxygens (including phenoxy) is 2. The number of esters is 1. The highest BCUT2D eigenvalue weighted by Crippen LogP contribution is 2.53. The summed E-state index contributed by atoms with van der Waals surface area (Å²) in [7, 11) is -7.02. The fourth-order valence-electron chi connectivity index (χ4n) is 3.17. The van der Waals surface area contributed by atoms with E-state index in [1.807, 2.05) is 0 Å². The minimum absolute atomic E-state index is 0. The van der Waals surface area contributed by atoms with Crippen LogP contribution in [0.3, 0.4) is 0 Å². The Hall–Kier alpha value is -1.21. The molecule has 2 saturated heterocycles. The monoisotopic (exact) mass is 436 g/mol. The van der Waals surface area contributed by atoms with Crippen molar-refractivity contribution in [3.63, 3.8) is 0 Å². The van der Waals surface area contributed by atoms with Crippen molar-refractivity contribution in [1.29, 1.82) is 0 Å². The minimum Gasteiger partial charge on any atom is -0.466 e. The van der Waals surface area contributed by atoms with Crippen molar-refractivity contribution in [2.45, 2.75) is 35.6 Å². The summed E-state index contributed by atoms with van der Waals surface area (Å²) in [5.74, 6) is -0.747. The van der Waals surface area contributed by atoms with Gasteiger partial charge in [0.05, 0.1) is 41.6 Å². The van der Waals surface area contributed by atoms with Crippen LogP contribution in [0.15, 0.2) is 34.1 Å². The molecule has 0 aliphatic carbocycles. The van der Waals surface area contributed by atoms with Crippen LogP contribution in [-0.4, -0.2) is 66.7 Å². The Balaban J connectivity index is 0.00000300. The lowest BCUT2D eigenvalue weighted by Gasteiger charge is -2.46. The summed E-state index contributed by atoms with van der Waals surface area (Å²) in [6.07, 6.45) is 1.28. The fraction of sp³-hybridized carbons (Fsp3) is 0.588. The third kappa shape index (κ3) is 4.67. The summed E-state index contributed by atoms with van der Waals surface area (Å²) in [5.41, 5.74) is 0. The summed E-state index contributed by atoms with van der Waals surface area (Å²) in [5, 5.41) is 0. The lowest BCUT2D eigenvalue weighted by atomic mass is 10.0. The van der Waals surface area contributed by atoms with Crippen LogP contribution in [0.25, 0.3) is 0 Å². The van der Waals surface area contributed by atoms with Gasteiger partial charge >= 0.3 is 5.97 Å². The molecule has 1 aromatic rings. The number of hydrogen-bond acceptors (Lipinski definition) is 8. The number of benzene rings is 1. The molecular weight excluding hydrogens is 408 g/mol. The van der Waals surface area contributed by atoms with Crippen LogP contribution in [0.1, 0.15) is 21.2 Å². The first-order chi connectivity index (χ1) is 13.2. The van der Waals surface area contributed by atoms with Gasteiger partial charge in [0.25, 0.3) is 0 Å². The SMILES string of the molecule is CCOC(=O)C1CCCN(S(O)(O)c2ccc(S(=O)(=O)NC3COC3)cc2)C1.[HH]. The highest BCUT2D eigenvalue weighted by Gasteiger charge is 2.34. The molecule has 9 nitrogen and oxygen atoms in total. The molecular formula is C17H28N2O7S2. The molecule has 2 aliphatic rings. The van der Waals surface area contributed by atoms with Gasteiger partial charge in [-0.25, -0.2) is 17.4 Å². The third-order valence-electron chi connectivity index (χ3n) is 4.77. The van der Waals surface area contributed by atoms with Crippen molar-refractivity contribution in [3.8, 4) is 0 Å². The van der Waals surface area contributed by atoms with Crippen molar-refractivity contribution in [3.05, 3.63) is 24.3 Å². The van der Waals surface area contributed by atoms with Gasteiger partial charge in [-0.3, -0.25) is 13.9 Å². The average Bonchev–Trinajstić information content (AvgIpc) is 2.65. The highest BCUT2D eigenvalue weighted by molar-refractivity contribution is 8.22. The number of carbonyl (C=O) groups excluding carboxylic acids is 1. The van der Waals surface area contributed by atoms with Crippen LogP contribution in [0.5, 0.6) is 0 Å². The van der Waals surface area contributed by atoms with Crippen LogP contribution in [0.4, 0.5) is 0 Å². The number of sulfonamides is 1. The molecule has 3 rings (SSSR count). The Kier molecular flexibility index (Phi) is 6.65. The van der Waals surface area contributed by atoms with E-state index in [2.05, 4.69) is 4.72 Å². The van der Waals surface area contributed by atoms with Crippen molar-refractivity contribution in [2.75, 3.05) is 32.9 Å². The molecule has 1 unspecified atom stereocenters. The predicted octanol–water partition coefficient (Wildman–Crippen LogP) is 1.91. The van der Waals surface area contributed by atoms with Crippen LogP contribution < -0.4 is 4.72 Å². The van der Waals surface area contributed by atoms with Gasteiger partial charge in [-0.15, -0.1) is 10.8 Å². The van der Waals surface area contributed by atoms with Crippen LogP contribution in [0.2, 0.25) is 0 Å². The van der Waals surface area contributed by atoms with Crippen molar-refractivity contribution in [1.82, 2.24) is 9.03 Å². The number of piperidine rings is 1. The molecule has 0 saturated carbocycles. The topological polar surface area (TPSA) is 125 Å². The second-order valence-corrected chi connectivity index (χ2v) is 10.6. The van der Waals surface area contributed by atoms with Gasteiger partial charge in [-0.05, 0) is 44.0 Å². The number of rotatable bonds is 7. The first kappa shape index (κ1) is 21.5. The lowest BCUT2D eigenvalue weighted by molar-refractivity contribution is -0.149. The zero-order chi connectivity index (χ0) is 20.4. The summed E-state index contributed by atoms with van der Waals surface area (Å²) in [4.78, 5) is 12.2. The second-order valence-electron chi connectivity index (χ2n) is 6.83. The number of nitrogens with one attached hydrogen (secondary N) is 1. The van der Waals surface area contributed by atoms with Crippen molar-refractivity contribution >= 4 is 26.8 Å². The zero-order valence-corrected chi connectivity index (χ0v) is 17.2. The smallest absolute Gasteiger partial charge is 0.310 e. The molecule has 0 aromatic heterocycles. The Labute approximate surface area is 168 Å². The zero-order valence-electron chi connectivity index (χ0n) is 15.6. The normalized spacial score (nSPS) is 22.5. The van der Waals surface area contributed by atoms with Crippen LogP contribution in [-0.2, 0) is 24.3 Å². The number of nitrogens with zero attached hydrogens (tertiary/aromatic N) is 1. The molecule has 160 valence electrons. The average molecular weight is 437 g/mol. The van der Waals surface area contributed by atoms with Crippen LogP contribution in [0, 0.1) is 5.92 Å². The molecule has 0 radical (unpaired) electrons. The van der Waals surface area contributed by atoms with Gasteiger partial charge < -0.3 is 9.47 Å². The summed E-state index contributed by atoms with van der Waals surface area (Å²) in [6, 6.07) is 5.25. The van der Waals surface area contributed by atoms with Gasteiger partial charge in [0.2, 0.25) is 10.0 Å². The van der Waals surface area contributed by atoms with Crippen molar-refractivity contribution in [2.24, 2.45) is 5.92 Å². The fourth-order valence-corrected chi connectivity index (χ4v) is 5.94. The minimum atomic E-state index is -3.69. The van der Waals surface area contributed by atoms with Gasteiger partial charge in [0.15, 0.2) is 0 Å². The predicted molar refractivity (Wildman–Crippen MR) is 106 cm³/mol. The highest BCUT2D eigenvalue weighted by atomic mass is 32.3. The summed E-state index contributed by atoms with van der Waals surface area (Å²) in [6.45, 7) is 3.31. The summed E-state index contributed by atoms with van der Waals surface area (Å²) >= 11 is 0. The van der Waals surface area contributed by atoms with Gasteiger partial charge in [0.1, 0.15) is 0 Å². The third-order valence-corrected chi connectivity index (χ3v) is 8.27. The Bertz CT molecular complexity index is 801. The van der Waals surface area contributed by atoms with E-state index in [1.54, 1.807) is 6.92 Å². The maximum atomic E-state index is 12.3. The number of hydrogen-bond donors (Lipinski definition) is 3. The molecule has 2 fully saturated rings. The van der Waals surface area contributed by atoms with Gasteiger partial charge in [-0.1, -0.05) is 0 Å². The van der Waals surface area contributed by atoms with E-state index in [1.165, 1.54) is 28.6 Å². The molecule has 1 aromatic carbocycles. The molecule has 0 amide bonds. The Morgan fingerprint density at radius 3 is 2.50 bits per heavy atom.